The molecule has 0 amide bonds. The van der Waals surface area contributed by atoms with Gasteiger partial charge in [0.1, 0.15) is 5.50 Å². The maximum absolute atomic E-state index is 9.06. The van der Waals surface area contributed by atoms with E-state index in [9.17, 15) is 0 Å². The largest absolute Gasteiger partial charge is 0.395 e. The van der Waals surface area contributed by atoms with Gasteiger partial charge >= 0.3 is 0 Å². The molecule has 1 aromatic rings. The molecule has 1 aliphatic heterocycles. The van der Waals surface area contributed by atoms with Gasteiger partial charge in [-0.3, -0.25) is 5.32 Å². The van der Waals surface area contributed by atoms with Crippen LogP contribution in [-0.4, -0.2) is 30.3 Å². The summed E-state index contributed by atoms with van der Waals surface area (Å²) >= 11 is 1.81. The van der Waals surface area contributed by atoms with Crippen LogP contribution in [0.2, 0.25) is 0 Å². The SMILES string of the molecule is CCNC1Sc2ccccc2N1CCO. The standard InChI is InChI=1S/C11H16N2OS/c1-2-12-11-13(7-8-14)9-5-3-4-6-10(9)15-11/h3-6,11-12,14H,2,7-8H2,1H3. The Hall–Kier alpha value is -0.710. The summed E-state index contributed by atoms with van der Waals surface area (Å²) in [5, 5.41) is 12.5. The molecule has 3 nitrogen and oxygen atoms in total. The Morgan fingerprint density at radius 3 is 3.00 bits per heavy atom. The number of rotatable bonds is 4. The highest BCUT2D eigenvalue weighted by atomic mass is 32.2. The van der Waals surface area contributed by atoms with Gasteiger partial charge in [0.05, 0.1) is 12.3 Å². The summed E-state index contributed by atoms with van der Waals surface area (Å²) in [4.78, 5) is 3.50. The lowest BCUT2D eigenvalue weighted by Crippen LogP contribution is -2.42. The summed E-state index contributed by atoms with van der Waals surface area (Å²) in [6.45, 7) is 3.91. The van der Waals surface area contributed by atoms with E-state index in [0.29, 0.717) is 6.54 Å². The molecule has 0 spiro atoms. The average molecular weight is 224 g/mol. The molecular formula is C11H16N2OS. The number of anilines is 1. The third kappa shape index (κ3) is 2.12. The van der Waals surface area contributed by atoms with Gasteiger partial charge in [0.2, 0.25) is 0 Å². The van der Waals surface area contributed by atoms with Crippen LogP contribution in [0.25, 0.3) is 0 Å². The Morgan fingerprint density at radius 2 is 2.27 bits per heavy atom. The van der Waals surface area contributed by atoms with Crippen molar-refractivity contribution in [1.82, 2.24) is 5.32 Å². The van der Waals surface area contributed by atoms with Gasteiger partial charge < -0.3 is 10.0 Å². The smallest absolute Gasteiger partial charge is 0.132 e. The topological polar surface area (TPSA) is 35.5 Å². The third-order valence-electron chi connectivity index (χ3n) is 2.42. The normalized spacial score (nSPS) is 19.3. The number of β-amino-alcohol motifs (C(OH)–C–C–N with tert-alkyl or cyclic N) is 1. The number of hydrogen-bond donors (Lipinski definition) is 2. The molecule has 4 heteroatoms. The van der Waals surface area contributed by atoms with Gasteiger partial charge in [0, 0.05) is 11.4 Å². The second-order valence-electron chi connectivity index (χ2n) is 3.41. The van der Waals surface area contributed by atoms with Gasteiger partial charge in [0.15, 0.2) is 0 Å². The Balaban J connectivity index is 2.21. The van der Waals surface area contributed by atoms with Crippen molar-refractivity contribution in [3.63, 3.8) is 0 Å². The maximum Gasteiger partial charge on any atom is 0.132 e. The highest BCUT2D eigenvalue weighted by Crippen LogP contribution is 2.41. The fraction of sp³-hybridized carbons (Fsp3) is 0.455. The molecule has 1 aromatic carbocycles. The summed E-state index contributed by atoms with van der Waals surface area (Å²) in [5.41, 5.74) is 1.49. The summed E-state index contributed by atoms with van der Waals surface area (Å²) in [6, 6.07) is 8.33. The van der Waals surface area contributed by atoms with Crippen LogP contribution in [0.5, 0.6) is 0 Å². The molecule has 0 saturated heterocycles. The first kappa shape index (κ1) is 10.8. The molecule has 2 N–H and O–H groups in total. The minimum Gasteiger partial charge on any atom is -0.395 e. The molecule has 0 aromatic heterocycles. The fourth-order valence-corrected chi connectivity index (χ4v) is 3.08. The van der Waals surface area contributed by atoms with Gasteiger partial charge in [-0.05, 0) is 18.7 Å². The van der Waals surface area contributed by atoms with Crippen LogP contribution in [0.3, 0.4) is 0 Å². The van der Waals surface area contributed by atoms with Crippen LogP contribution in [0, 0.1) is 0 Å². The first-order chi connectivity index (χ1) is 7.36. The molecule has 1 aliphatic rings. The number of aliphatic hydroxyl groups excluding tert-OH is 1. The second kappa shape index (κ2) is 4.88. The van der Waals surface area contributed by atoms with Crippen LogP contribution in [0.1, 0.15) is 6.92 Å². The molecule has 2 rings (SSSR count). The molecule has 1 heterocycles. The van der Waals surface area contributed by atoms with Crippen LogP contribution < -0.4 is 10.2 Å². The molecule has 0 fully saturated rings. The van der Waals surface area contributed by atoms with Crippen molar-refractivity contribution in [3.05, 3.63) is 24.3 Å². The van der Waals surface area contributed by atoms with E-state index in [0.717, 1.165) is 6.54 Å². The van der Waals surface area contributed by atoms with Crippen molar-refractivity contribution in [2.24, 2.45) is 0 Å². The van der Waals surface area contributed by atoms with Crippen molar-refractivity contribution < 1.29 is 5.11 Å². The van der Waals surface area contributed by atoms with Gasteiger partial charge in [0.25, 0.3) is 0 Å². The molecule has 1 unspecified atom stereocenters. The Kier molecular flexibility index (Phi) is 3.51. The summed E-state index contributed by atoms with van der Waals surface area (Å²) < 4.78 is 0. The lowest BCUT2D eigenvalue weighted by Gasteiger charge is -2.25. The van der Waals surface area contributed by atoms with E-state index in [2.05, 4.69) is 35.3 Å². The van der Waals surface area contributed by atoms with Crippen molar-refractivity contribution in [1.29, 1.82) is 0 Å². The zero-order chi connectivity index (χ0) is 10.7. The van der Waals surface area contributed by atoms with Gasteiger partial charge in [-0.25, -0.2) is 0 Å². The average Bonchev–Trinajstić information content (AvgIpc) is 2.59. The van der Waals surface area contributed by atoms with Crippen molar-refractivity contribution in [2.45, 2.75) is 17.3 Å². The van der Waals surface area contributed by atoms with E-state index in [4.69, 9.17) is 5.11 Å². The number of nitrogens with one attached hydrogen (secondary N) is 1. The monoisotopic (exact) mass is 224 g/mol. The molecule has 82 valence electrons. The lowest BCUT2D eigenvalue weighted by molar-refractivity contribution is 0.299. The van der Waals surface area contributed by atoms with Crippen LogP contribution >= 0.6 is 11.8 Å². The Morgan fingerprint density at radius 1 is 1.47 bits per heavy atom. The molecule has 0 saturated carbocycles. The molecular weight excluding hydrogens is 208 g/mol. The zero-order valence-electron chi connectivity index (χ0n) is 8.81. The van der Waals surface area contributed by atoms with Crippen molar-refractivity contribution >= 4 is 17.4 Å². The first-order valence-electron chi connectivity index (χ1n) is 5.23. The van der Waals surface area contributed by atoms with E-state index >= 15 is 0 Å². The second-order valence-corrected chi connectivity index (χ2v) is 4.53. The van der Waals surface area contributed by atoms with Crippen LogP contribution in [0.15, 0.2) is 29.2 Å². The Bertz CT molecular complexity index is 332. The number of benzene rings is 1. The predicted molar refractivity (Wildman–Crippen MR) is 64.2 cm³/mol. The van der Waals surface area contributed by atoms with E-state index in [1.165, 1.54) is 10.6 Å². The molecule has 0 bridgehead atoms. The van der Waals surface area contributed by atoms with Crippen LogP contribution in [0.4, 0.5) is 5.69 Å². The Labute approximate surface area is 94.5 Å². The summed E-state index contributed by atoms with van der Waals surface area (Å²) in [6.07, 6.45) is 0. The molecule has 1 atom stereocenters. The number of nitrogens with zero attached hydrogens (tertiary/aromatic N) is 1. The van der Waals surface area contributed by atoms with Gasteiger partial charge in [-0.2, -0.15) is 0 Å². The molecule has 0 radical (unpaired) electrons. The highest BCUT2D eigenvalue weighted by molar-refractivity contribution is 8.00. The van der Waals surface area contributed by atoms with E-state index in [1.807, 2.05) is 17.8 Å². The fourth-order valence-electron chi connectivity index (χ4n) is 1.78. The molecule has 15 heavy (non-hydrogen) atoms. The van der Waals surface area contributed by atoms with Crippen molar-refractivity contribution in [3.8, 4) is 0 Å². The minimum absolute atomic E-state index is 0.191. The van der Waals surface area contributed by atoms with Crippen molar-refractivity contribution in [2.75, 3.05) is 24.6 Å². The van der Waals surface area contributed by atoms with E-state index in [-0.39, 0.29) is 12.1 Å². The third-order valence-corrected chi connectivity index (χ3v) is 3.66. The van der Waals surface area contributed by atoms with E-state index in [1.54, 1.807) is 0 Å². The summed E-state index contributed by atoms with van der Waals surface area (Å²) in [5.74, 6) is 0. The maximum atomic E-state index is 9.06. The highest BCUT2D eigenvalue weighted by Gasteiger charge is 2.28. The number of thioether (sulfide) groups is 1. The zero-order valence-corrected chi connectivity index (χ0v) is 9.63. The van der Waals surface area contributed by atoms with Crippen LogP contribution in [-0.2, 0) is 0 Å². The number of para-hydroxylation sites is 1. The first-order valence-corrected chi connectivity index (χ1v) is 6.11. The van der Waals surface area contributed by atoms with E-state index < -0.39 is 0 Å². The predicted octanol–water partition coefficient (Wildman–Crippen LogP) is 1.48. The minimum atomic E-state index is 0.191. The molecule has 0 aliphatic carbocycles. The number of hydrogen-bond acceptors (Lipinski definition) is 4. The number of fused-ring (bicyclic) bond motifs is 1. The number of aliphatic hydroxyl groups is 1. The summed E-state index contributed by atoms with van der Waals surface area (Å²) in [7, 11) is 0. The lowest BCUT2D eigenvalue weighted by atomic mass is 10.3. The van der Waals surface area contributed by atoms with Gasteiger partial charge in [-0.15, -0.1) is 0 Å². The van der Waals surface area contributed by atoms with Gasteiger partial charge in [-0.1, -0.05) is 30.8 Å². The quantitative estimate of drug-likeness (QED) is 0.812.